The lowest BCUT2D eigenvalue weighted by atomic mass is 10.6. The van der Waals surface area contributed by atoms with E-state index < -0.39 is 0 Å². The van der Waals surface area contributed by atoms with Gasteiger partial charge in [-0.1, -0.05) is 6.08 Å². The summed E-state index contributed by atoms with van der Waals surface area (Å²) in [6, 6.07) is 0. The second-order valence-corrected chi connectivity index (χ2v) is 2.02. The fourth-order valence-electron chi connectivity index (χ4n) is 0.569. The molecule has 0 saturated carbocycles. The van der Waals surface area contributed by atoms with Gasteiger partial charge in [0.2, 0.25) is 0 Å². The Labute approximate surface area is 72.9 Å². The number of aliphatic hydroxyl groups is 1. The van der Waals surface area contributed by atoms with Crippen molar-refractivity contribution in [3.8, 4) is 0 Å². The standard InChI is InChI=1S/C8H15N3O/c1-3-5-6-9-7-11(8-12)10-4-2/h3-6,12H,7-8H2,1-2H3/b5-3-,9-6-,10-4-. The first kappa shape index (κ1) is 10.8. The van der Waals surface area contributed by atoms with Gasteiger partial charge in [0.05, 0.1) is 0 Å². The number of hydrogen-bond donors (Lipinski definition) is 1. The maximum Gasteiger partial charge on any atom is 0.133 e. The molecule has 0 aliphatic rings. The molecular formula is C8H15N3O. The summed E-state index contributed by atoms with van der Waals surface area (Å²) in [4.78, 5) is 3.99. The van der Waals surface area contributed by atoms with Crippen LogP contribution in [0.5, 0.6) is 0 Å². The van der Waals surface area contributed by atoms with Gasteiger partial charge in [0.15, 0.2) is 0 Å². The summed E-state index contributed by atoms with van der Waals surface area (Å²) >= 11 is 0. The van der Waals surface area contributed by atoms with Crippen LogP contribution in [0, 0.1) is 0 Å². The Morgan fingerprint density at radius 1 is 1.42 bits per heavy atom. The minimum absolute atomic E-state index is 0.114. The molecule has 0 amide bonds. The third-order valence-corrected chi connectivity index (χ3v) is 1.07. The summed E-state index contributed by atoms with van der Waals surface area (Å²) in [5, 5.41) is 14.0. The van der Waals surface area contributed by atoms with Crippen molar-refractivity contribution in [1.29, 1.82) is 0 Å². The Bertz CT molecular complexity index is 175. The molecule has 0 aromatic rings. The SMILES string of the molecule is C/C=C\C=N/CN(CO)/N=C\C. The molecule has 0 rings (SSSR count). The van der Waals surface area contributed by atoms with Crippen molar-refractivity contribution in [1.82, 2.24) is 5.01 Å². The molecule has 68 valence electrons. The van der Waals surface area contributed by atoms with E-state index in [1.165, 1.54) is 5.01 Å². The van der Waals surface area contributed by atoms with Crippen LogP contribution in [0.2, 0.25) is 0 Å². The smallest absolute Gasteiger partial charge is 0.133 e. The second kappa shape index (κ2) is 7.94. The number of aliphatic imine (C=N–C) groups is 1. The van der Waals surface area contributed by atoms with E-state index in [0.717, 1.165) is 0 Å². The molecule has 0 radical (unpaired) electrons. The van der Waals surface area contributed by atoms with E-state index in [2.05, 4.69) is 10.1 Å². The second-order valence-electron chi connectivity index (χ2n) is 2.02. The van der Waals surface area contributed by atoms with Gasteiger partial charge < -0.3 is 5.11 Å². The van der Waals surface area contributed by atoms with Crippen LogP contribution in [-0.4, -0.2) is 35.9 Å². The average molecular weight is 169 g/mol. The van der Waals surface area contributed by atoms with Crippen molar-refractivity contribution in [2.75, 3.05) is 13.4 Å². The van der Waals surface area contributed by atoms with Crippen LogP contribution < -0.4 is 0 Å². The molecule has 0 heterocycles. The molecule has 0 spiro atoms. The topological polar surface area (TPSA) is 48.2 Å². The Hall–Kier alpha value is -1.16. The lowest BCUT2D eigenvalue weighted by Gasteiger charge is -2.11. The van der Waals surface area contributed by atoms with Gasteiger partial charge in [-0.05, 0) is 19.9 Å². The van der Waals surface area contributed by atoms with Crippen LogP contribution in [0.15, 0.2) is 22.2 Å². The number of allylic oxidation sites excluding steroid dienone is 2. The van der Waals surface area contributed by atoms with Crippen LogP contribution in [0.1, 0.15) is 13.8 Å². The summed E-state index contributed by atoms with van der Waals surface area (Å²) in [5.74, 6) is 0. The maximum absolute atomic E-state index is 8.73. The Morgan fingerprint density at radius 2 is 2.17 bits per heavy atom. The van der Waals surface area contributed by atoms with Crippen molar-refractivity contribution in [2.24, 2.45) is 10.1 Å². The lowest BCUT2D eigenvalue weighted by Crippen LogP contribution is -2.18. The molecule has 12 heavy (non-hydrogen) atoms. The molecule has 1 N–H and O–H groups in total. The van der Waals surface area contributed by atoms with Gasteiger partial charge in [0.25, 0.3) is 0 Å². The van der Waals surface area contributed by atoms with E-state index >= 15 is 0 Å². The van der Waals surface area contributed by atoms with E-state index in [9.17, 15) is 0 Å². The van der Waals surface area contributed by atoms with Crippen molar-refractivity contribution >= 4 is 12.4 Å². The largest absolute Gasteiger partial charge is 0.375 e. The molecule has 0 aromatic heterocycles. The van der Waals surface area contributed by atoms with Gasteiger partial charge in [0.1, 0.15) is 13.4 Å². The third-order valence-electron chi connectivity index (χ3n) is 1.07. The van der Waals surface area contributed by atoms with Crippen molar-refractivity contribution in [2.45, 2.75) is 13.8 Å². The van der Waals surface area contributed by atoms with E-state index in [-0.39, 0.29) is 6.73 Å². The van der Waals surface area contributed by atoms with Crippen LogP contribution in [0.25, 0.3) is 0 Å². The quantitative estimate of drug-likeness (QED) is 0.377. The Morgan fingerprint density at radius 3 is 2.67 bits per heavy atom. The van der Waals surface area contributed by atoms with Crippen LogP contribution in [0.3, 0.4) is 0 Å². The van der Waals surface area contributed by atoms with Crippen molar-refractivity contribution in [3.05, 3.63) is 12.2 Å². The Balaban J connectivity index is 3.71. The highest BCUT2D eigenvalue weighted by Crippen LogP contribution is 1.85. The van der Waals surface area contributed by atoms with Gasteiger partial charge >= 0.3 is 0 Å². The normalized spacial score (nSPS) is 12.2. The number of hydrogen-bond acceptors (Lipinski definition) is 4. The highest BCUT2D eigenvalue weighted by Gasteiger charge is 1.91. The van der Waals surface area contributed by atoms with E-state index in [1.807, 2.05) is 19.1 Å². The van der Waals surface area contributed by atoms with Gasteiger partial charge in [-0.2, -0.15) is 5.10 Å². The molecule has 0 aliphatic carbocycles. The van der Waals surface area contributed by atoms with E-state index in [4.69, 9.17) is 5.11 Å². The summed E-state index contributed by atoms with van der Waals surface area (Å²) < 4.78 is 0. The molecule has 0 bridgehead atoms. The zero-order valence-corrected chi connectivity index (χ0v) is 7.51. The molecule has 0 unspecified atom stereocenters. The van der Waals surface area contributed by atoms with Crippen LogP contribution >= 0.6 is 0 Å². The monoisotopic (exact) mass is 169 g/mol. The van der Waals surface area contributed by atoms with Gasteiger partial charge in [-0.3, -0.25) is 10.0 Å². The number of aliphatic hydroxyl groups excluding tert-OH is 1. The zero-order valence-electron chi connectivity index (χ0n) is 7.51. The van der Waals surface area contributed by atoms with Crippen molar-refractivity contribution in [3.63, 3.8) is 0 Å². The van der Waals surface area contributed by atoms with Crippen LogP contribution in [0.4, 0.5) is 0 Å². The molecule has 0 aromatic carbocycles. The molecule has 4 nitrogen and oxygen atoms in total. The molecule has 0 fully saturated rings. The summed E-state index contributed by atoms with van der Waals surface area (Å²) in [7, 11) is 0. The van der Waals surface area contributed by atoms with Gasteiger partial charge in [-0.25, -0.2) is 0 Å². The predicted molar refractivity (Wildman–Crippen MR) is 51.3 cm³/mol. The first-order valence-corrected chi connectivity index (χ1v) is 3.80. The third kappa shape index (κ3) is 5.61. The fraction of sp³-hybridized carbons (Fsp3) is 0.500. The molecule has 0 aliphatic heterocycles. The lowest BCUT2D eigenvalue weighted by molar-refractivity contribution is 0.115. The number of hydrazone groups is 1. The minimum atomic E-state index is -0.114. The highest BCUT2D eigenvalue weighted by molar-refractivity contribution is 5.70. The van der Waals surface area contributed by atoms with E-state index in [0.29, 0.717) is 6.67 Å². The number of nitrogens with zero attached hydrogens (tertiary/aromatic N) is 3. The first-order valence-electron chi connectivity index (χ1n) is 3.80. The Kier molecular flexibility index (Phi) is 7.17. The average Bonchev–Trinajstić information content (AvgIpc) is 2.10. The predicted octanol–water partition coefficient (Wildman–Crippen LogP) is 0.848. The zero-order chi connectivity index (χ0) is 9.23. The summed E-state index contributed by atoms with van der Waals surface area (Å²) in [6.45, 7) is 3.97. The highest BCUT2D eigenvalue weighted by atomic mass is 16.3. The minimum Gasteiger partial charge on any atom is -0.375 e. The first-order chi connectivity index (χ1) is 5.85. The summed E-state index contributed by atoms with van der Waals surface area (Å²) in [6.07, 6.45) is 7.00. The van der Waals surface area contributed by atoms with Crippen molar-refractivity contribution < 1.29 is 5.11 Å². The maximum atomic E-state index is 8.73. The van der Waals surface area contributed by atoms with Gasteiger partial charge in [-0.15, -0.1) is 0 Å². The van der Waals surface area contributed by atoms with E-state index in [1.54, 1.807) is 19.4 Å². The summed E-state index contributed by atoms with van der Waals surface area (Å²) in [5.41, 5.74) is 0. The molecule has 0 atom stereocenters. The number of rotatable bonds is 5. The van der Waals surface area contributed by atoms with Crippen LogP contribution in [-0.2, 0) is 0 Å². The molecule has 0 saturated heterocycles. The molecular weight excluding hydrogens is 154 g/mol. The fourth-order valence-corrected chi connectivity index (χ4v) is 0.569. The van der Waals surface area contributed by atoms with Gasteiger partial charge in [0, 0.05) is 12.4 Å². The molecule has 4 heteroatoms.